The highest BCUT2D eigenvalue weighted by Crippen LogP contribution is 2.31. The number of hydrogen-bond donors (Lipinski definition) is 1. The fourth-order valence-corrected chi connectivity index (χ4v) is 2.23. The number of nitrogens with one attached hydrogen (secondary N) is 1. The van der Waals surface area contributed by atoms with Crippen molar-refractivity contribution in [2.75, 3.05) is 6.54 Å². The molecular weight excluding hydrogens is 312 g/mol. The minimum absolute atomic E-state index is 0.0268. The number of halogens is 3. The van der Waals surface area contributed by atoms with Gasteiger partial charge in [0.05, 0.1) is 5.02 Å². The van der Waals surface area contributed by atoms with E-state index in [1.54, 1.807) is 18.2 Å². The molecule has 2 aromatic rings. The zero-order valence-corrected chi connectivity index (χ0v) is 13.1. The van der Waals surface area contributed by atoms with E-state index in [1.807, 2.05) is 6.07 Å². The molecule has 0 aliphatic rings. The summed E-state index contributed by atoms with van der Waals surface area (Å²) in [6.07, 6.45) is 1.06. The van der Waals surface area contributed by atoms with Crippen LogP contribution in [0.4, 0.5) is 4.39 Å². The second-order valence-corrected chi connectivity index (χ2v) is 5.40. The molecular formula is C16H16Cl2FNO. The molecule has 0 aromatic heterocycles. The lowest BCUT2D eigenvalue weighted by Gasteiger charge is -2.10. The van der Waals surface area contributed by atoms with Crippen molar-refractivity contribution in [2.45, 2.75) is 19.9 Å². The van der Waals surface area contributed by atoms with Gasteiger partial charge in [-0.05, 0) is 42.8 Å². The Bertz CT molecular complexity index is 619. The lowest BCUT2D eigenvalue weighted by Crippen LogP contribution is -2.13. The van der Waals surface area contributed by atoms with Gasteiger partial charge < -0.3 is 10.1 Å². The fraction of sp³-hybridized carbons (Fsp3) is 0.250. The Kier molecular flexibility index (Phi) is 5.85. The molecule has 2 aromatic carbocycles. The molecule has 0 unspecified atom stereocenters. The van der Waals surface area contributed by atoms with E-state index < -0.39 is 5.82 Å². The van der Waals surface area contributed by atoms with Crippen LogP contribution in [0.5, 0.6) is 11.5 Å². The van der Waals surface area contributed by atoms with Crippen LogP contribution in [-0.4, -0.2) is 6.54 Å². The molecule has 21 heavy (non-hydrogen) atoms. The first-order valence-corrected chi connectivity index (χ1v) is 7.48. The van der Waals surface area contributed by atoms with Gasteiger partial charge in [-0.15, -0.1) is 0 Å². The SMILES string of the molecule is CCCNCc1ccc(Oc2cccc(Cl)c2F)cc1Cl. The molecule has 5 heteroatoms. The van der Waals surface area contributed by atoms with Crippen molar-refractivity contribution < 1.29 is 9.13 Å². The lowest BCUT2D eigenvalue weighted by atomic mass is 10.2. The molecule has 0 radical (unpaired) electrons. The van der Waals surface area contributed by atoms with Crippen LogP contribution in [0.25, 0.3) is 0 Å². The van der Waals surface area contributed by atoms with Gasteiger partial charge in [0.15, 0.2) is 11.6 Å². The van der Waals surface area contributed by atoms with Crippen LogP contribution in [-0.2, 0) is 6.54 Å². The topological polar surface area (TPSA) is 21.3 Å². The molecule has 1 N–H and O–H groups in total. The van der Waals surface area contributed by atoms with Crippen LogP contribution < -0.4 is 10.1 Å². The predicted molar refractivity (Wildman–Crippen MR) is 84.9 cm³/mol. The van der Waals surface area contributed by atoms with Gasteiger partial charge in [-0.1, -0.05) is 42.3 Å². The molecule has 0 atom stereocenters. The maximum Gasteiger partial charge on any atom is 0.184 e. The van der Waals surface area contributed by atoms with Gasteiger partial charge in [0.25, 0.3) is 0 Å². The van der Waals surface area contributed by atoms with E-state index in [4.69, 9.17) is 27.9 Å². The van der Waals surface area contributed by atoms with Gasteiger partial charge >= 0.3 is 0 Å². The molecule has 0 spiro atoms. The van der Waals surface area contributed by atoms with E-state index in [0.717, 1.165) is 18.5 Å². The Morgan fingerprint density at radius 1 is 1.14 bits per heavy atom. The Morgan fingerprint density at radius 3 is 2.67 bits per heavy atom. The zero-order chi connectivity index (χ0) is 15.2. The Balaban J connectivity index is 2.11. The molecule has 2 rings (SSSR count). The average Bonchev–Trinajstić information content (AvgIpc) is 2.46. The summed E-state index contributed by atoms with van der Waals surface area (Å²) in [5, 5.41) is 3.88. The van der Waals surface area contributed by atoms with Gasteiger partial charge in [-0.25, -0.2) is 4.39 Å². The van der Waals surface area contributed by atoms with Crippen molar-refractivity contribution >= 4 is 23.2 Å². The summed E-state index contributed by atoms with van der Waals surface area (Å²) in [7, 11) is 0. The first-order chi connectivity index (χ1) is 10.1. The van der Waals surface area contributed by atoms with Crippen molar-refractivity contribution in [3.8, 4) is 11.5 Å². The van der Waals surface area contributed by atoms with Crippen molar-refractivity contribution in [3.05, 3.63) is 57.8 Å². The second kappa shape index (κ2) is 7.64. The third-order valence-electron chi connectivity index (χ3n) is 2.91. The molecule has 2 nitrogen and oxygen atoms in total. The third kappa shape index (κ3) is 4.34. The molecule has 0 saturated carbocycles. The van der Waals surface area contributed by atoms with E-state index in [1.165, 1.54) is 12.1 Å². The Labute approximate surface area is 133 Å². The monoisotopic (exact) mass is 327 g/mol. The molecule has 0 fully saturated rings. The lowest BCUT2D eigenvalue weighted by molar-refractivity contribution is 0.442. The molecule has 112 valence electrons. The van der Waals surface area contributed by atoms with Crippen molar-refractivity contribution in [1.29, 1.82) is 0 Å². The van der Waals surface area contributed by atoms with E-state index in [0.29, 0.717) is 17.3 Å². The minimum Gasteiger partial charge on any atom is -0.454 e. The van der Waals surface area contributed by atoms with E-state index >= 15 is 0 Å². The van der Waals surface area contributed by atoms with Crippen LogP contribution in [0, 0.1) is 5.82 Å². The quantitative estimate of drug-likeness (QED) is 0.715. The third-order valence-corrected chi connectivity index (χ3v) is 3.55. The first kappa shape index (κ1) is 16.1. The van der Waals surface area contributed by atoms with Crippen molar-refractivity contribution in [3.63, 3.8) is 0 Å². The van der Waals surface area contributed by atoms with Gasteiger partial charge in [0.2, 0.25) is 0 Å². The molecule has 0 heterocycles. The number of ether oxygens (including phenoxy) is 1. The summed E-state index contributed by atoms with van der Waals surface area (Å²) in [5.74, 6) is -0.0280. The van der Waals surface area contributed by atoms with Crippen LogP contribution >= 0.6 is 23.2 Å². The zero-order valence-electron chi connectivity index (χ0n) is 11.6. The summed E-state index contributed by atoms with van der Waals surface area (Å²) in [6, 6.07) is 9.92. The molecule has 0 bridgehead atoms. The molecule has 0 aliphatic carbocycles. The van der Waals surface area contributed by atoms with Gasteiger partial charge in [-0.2, -0.15) is 0 Å². The standard InChI is InChI=1S/C16H16Cl2FNO/c1-2-8-20-10-11-6-7-12(9-14(11)18)21-15-5-3-4-13(17)16(15)19/h3-7,9,20H,2,8,10H2,1H3. The van der Waals surface area contributed by atoms with Crippen LogP contribution in [0.3, 0.4) is 0 Å². The smallest absolute Gasteiger partial charge is 0.184 e. The van der Waals surface area contributed by atoms with Crippen LogP contribution in [0.1, 0.15) is 18.9 Å². The van der Waals surface area contributed by atoms with Crippen molar-refractivity contribution in [1.82, 2.24) is 5.32 Å². The Morgan fingerprint density at radius 2 is 1.95 bits per heavy atom. The van der Waals surface area contributed by atoms with Gasteiger partial charge in [-0.3, -0.25) is 0 Å². The molecule has 0 aliphatic heterocycles. The maximum absolute atomic E-state index is 13.8. The summed E-state index contributed by atoms with van der Waals surface area (Å²) < 4.78 is 19.3. The molecule has 0 saturated heterocycles. The highest BCUT2D eigenvalue weighted by atomic mass is 35.5. The normalized spacial score (nSPS) is 10.7. The summed E-state index contributed by atoms with van der Waals surface area (Å²) in [6.45, 7) is 3.73. The Hall–Kier alpha value is -1.29. The summed E-state index contributed by atoms with van der Waals surface area (Å²) >= 11 is 11.9. The number of benzene rings is 2. The highest BCUT2D eigenvalue weighted by molar-refractivity contribution is 6.31. The van der Waals surface area contributed by atoms with Gasteiger partial charge in [0, 0.05) is 11.6 Å². The van der Waals surface area contributed by atoms with E-state index in [-0.39, 0.29) is 10.8 Å². The van der Waals surface area contributed by atoms with Crippen molar-refractivity contribution in [2.24, 2.45) is 0 Å². The number of hydrogen-bond acceptors (Lipinski definition) is 2. The van der Waals surface area contributed by atoms with Gasteiger partial charge in [0.1, 0.15) is 5.75 Å². The number of rotatable bonds is 6. The maximum atomic E-state index is 13.8. The minimum atomic E-state index is -0.580. The molecule has 0 amide bonds. The fourth-order valence-electron chi connectivity index (χ4n) is 1.82. The first-order valence-electron chi connectivity index (χ1n) is 6.73. The summed E-state index contributed by atoms with van der Waals surface area (Å²) in [4.78, 5) is 0. The van der Waals surface area contributed by atoms with E-state index in [9.17, 15) is 4.39 Å². The van der Waals surface area contributed by atoms with Crippen LogP contribution in [0.2, 0.25) is 10.0 Å². The predicted octanol–water partition coefficient (Wildman–Crippen LogP) is 5.42. The van der Waals surface area contributed by atoms with Crippen LogP contribution in [0.15, 0.2) is 36.4 Å². The average molecular weight is 328 g/mol. The summed E-state index contributed by atoms with van der Waals surface area (Å²) in [5.41, 5.74) is 0.976. The van der Waals surface area contributed by atoms with E-state index in [2.05, 4.69) is 12.2 Å². The largest absolute Gasteiger partial charge is 0.454 e. The second-order valence-electron chi connectivity index (χ2n) is 4.58. The highest BCUT2D eigenvalue weighted by Gasteiger charge is 2.09.